The van der Waals surface area contributed by atoms with Crippen molar-refractivity contribution in [3.63, 3.8) is 0 Å². The number of ether oxygens (including phenoxy) is 1. The lowest BCUT2D eigenvalue weighted by Gasteiger charge is -2.07. The van der Waals surface area contributed by atoms with Crippen LogP contribution in [-0.2, 0) is 4.79 Å². The molecule has 1 amide bonds. The van der Waals surface area contributed by atoms with Gasteiger partial charge in [-0.3, -0.25) is 4.79 Å². The van der Waals surface area contributed by atoms with Gasteiger partial charge in [-0.1, -0.05) is 42.5 Å². The zero-order valence-corrected chi connectivity index (χ0v) is 10.7. The first-order valence-corrected chi connectivity index (χ1v) is 5.96. The van der Waals surface area contributed by atoms with Crippen LogP contribution in [0.3, 0.4) is 0 Å². The van der Waals surface area contributed by atoms with Crippen molar-refractivity contribution in [2.24, 2.45) is 5.73 Å². The van der Waals surface area contributed by atoms with Crippen molar-refractivity contribution >= 4 is 12.0 Å². The summed E-state index contributed by atoms with van der Waals surface area (Å²) >= 11 is 0. The normalized spacial score (nSPS) is 11.1. The smallest absolute Gasteiger partial charge is 0.284 e. The summed E-state index contributed by atoms with van der Waals surface area (Å²) in [6.45, 7) is 1.96. The molecule has 0 atom stereocenters. The number of benzene rings is 2. The summed E-state index contributed by atoms with van der Waals surface area (Å²) in [6, 6.07) is 16.9. The second-order valence-corrected chi connectivity index (χ2v) is 4.20. The van der Waals surface area contributed by atoms with Crippen molar-refractivity contribution < 1.29 is 9.53 Å². The van der Waals surface area contributed by atoms with E-state index in [9.17, 15) is 4.79 Å². The van der Waals surface area contributed by atoms with E-state index in [2.05, 4.69) is 0 Å². The van der Waals surface area contributed by atoms with Gasteiger partial charge >= 0.3 is 0 Å². The Morgan fingerprint density at radius 2 is 1.84 bits per heavy atom. The molecule has 0 aromatic heterocycles. The van der Waals surface area contributed by atoms with E-state index < -0.39 is 5.91 Å². The van der Waals surface area contributed by atoms with Crippen LogP contribution in [0.4, 0.5) is 0 Å². The average Bonchev–Trinajstić information content (AvgIpc) is 2.39. The quantitative estimate of drug-likeness (QED) is 0.672. The number of amides is 1. The standard InChI is InChI=1S/C16H15NO2/c1-12-6-5-9-14(10-12)19-15(16(17)18)11-13-7-3-2-4-8-13/h2-11H,1H3,(H2,17,18)/b15-11-. The number of hydrogen-bond donors (Lipinski definition) is 1. The number of rotatable bonds is 4. The Labute approximate surface area is 112 Å². The van der Waals surface area contributed by atoms with Crippen molar-refractivity contribution in [2.75, 3.05) is 0 Å². The summed E-state index contributed by atoms with van der Waals surface area (Å²) < 4.78 is 5.55. The highest BCUT2D eigenvalue weighted by atomic mass is 16.5. The Hall–Kier alpha value is -2.55. The van der Waals surface area contributed by atoms with E-state index in [-0.39, 0.29) is 5.76 Å². The van der Waals surface area contributed by atoms with Crippen molar-refractivity contribution in [3.05, 3.63) is 71.5 Å². The van der Waals surface area contributed by atoms with Crippen LogP contribution in [-0.4, -0.2) is 5.91 Å². The average molecular weight is 253 g/mol. The van der Waals surface area contributed by atoms with Crippen LogP contribution in [0.2, 0.25) is 0 Å². The van der Waals surface area contributed by atoms with Gasteiger partial charge in [0.25, 0.3) is 5.91 Å². The summed E-state index contributed by atoms with van der Waals surface area (Å²) in [5, 5.41) is 0. The predicted octanol–water partition coefficient (Wildman–Crippen LogP) is 2.90. The van der Waals surface area contributed by atoms with Gasteiger partial charge in [0.2, 0.25) is 0 Å². The molecule has 0 saturated carbocycles. The van der Waals surface area contributed by atoms with E-state index in [4.69, 9.17) is 10.5 Å². The molecule has 2 aromatic carbocycles. The first kappa shape index (κ1) is 12.9. The largest absolute Gasteiger partial charge is 0.452 e. The fourth-order valence-corrected chi connectivity index (χ4v) is 1.66. The van der Waals surface area contributed by atoms with Gasteiger partial charge in [0.05, 0.1) is 0 Å². The molecule has 19 heavy (non-hydrogen) atoms. The van der Waals surface area contributed by atoms with Crippen LogP contribution >= 0.6 is 0 Å². The van der Waals surface area contributed by atoms with Crippen LogP contribution in [0.25, 0.3) is 6.08 Å². The molecule has 0 heterocycles. The first-order valence-electron chi connectivity index (χ1n) is 5.96. The van der Waals surface area contributed by atoms with Crippen LogP contribution in [0.15, 0.2) is 60.4 Å². The van der Waals surface area contributed by atoms with E-state index in [0.29, 0.717) is 5.75 Å². The number of nitrogens with two attached hydrogens (primary N) is 1. The summed E-state index contributed by atoms with van der Waals surface area (Å²) in [5.74, 6) is 0.128. The minimum atomic E-state index is -0.592. The lowest BCUT2D eigenvalue weighted by molar-refractivity contribution is -0.116. The van der Waals surface area contributed by atoms with E-state index >= 15 is 0 Å². The molecular weight excluding hydrogens is 238 g/mol. The maximum atomic E-state index is 11.4. The molecule has 0 unspecified atom stereocenters. The highest BCUT2D eigenvalue weighted by molar-refractivity contribution is 5.95. The van der Waals surface area contributed by atoms with Gasteiger partial charge in [0, 0.05) is 0 Å². The molecule has 0 aliphatic heterocycles. The van der Waals surface area contributed by atoms with Gasteiger partial charge in [-0.25, -0.2) is 0 Å². The summed E-state index contributed by atoms with van der Waals surface area (Å²) in [5.41, 5.74) is 7.26. The second kappa shape index (κ2) is 5.87. The summed E-state index contributed by atoms with van der Waals surface area (Å²) in [4.78, 5) is 11.4. The van der Waals surface area contributed by atoms with Gasteiger partial charge in [0.15, 0.2) is 5.76 Å². The molecule has 0 aliphatic rings. The Balaban J connectivity index is 2.27. The van der Waals surface area contributed by atoms with Gasteiger partial charge in [-0.15, -0.1) is 0 Å². The lowest BCUT2D eigenvalue weighted by Crippen LogP contribution is -2.18. The summed E-state index contributed by atoms with van der Waals surface area (Å²) in [7, 11) is 0. The first-order chi connectivity index (χ1) is 9.15. The van der Waals surface area contributed by atoms with Crippen LogP contribution in [0.1, 0.15) is 11.1 Å². The highest BCUT2D eigenvalue weighted by Gasteiger charge is 2.08. The van der Waals surface area contributed by atoms with Crippen molar-refractivity contribution in [1.29, 1.82) is 0 Å². The number of carbonyl (C=O) groups excluding carboxylic acids is 1. The van der Waals surface area contributed by atoms with Crippen molar-refractivity contribution in [2.45, 2.75) is 6.92 Å². The van der Waals surface area contributed by atoms with Gasteiger partial charge in [-0.2, -0.15) is 0 Å². The Bertz CT molecular complexity index is 603. The van der Waals surface area contributed by atoms with Gasteiger partial charge in [-0.05, 0) is 36.3 Å². The molecule has 2 N–H and O–H groups in total. The molecule has 3 heteroatoms. The van der Waals surface area contributed by atoms with Crippen molar-refractivity contribution in [3.8, 4) is 5.75 Å². The molecule has 2 aromatic rings. The molecule has 0 saturated heterocycles. The minimum Gasteiger partial charge on any atom is -0.452 e. The maximum absolute atomic E-state index is 11.4. The fourth-order valence-electron chi connectivity index (χ4n) is 1.66. The third-order valence-corrected chi connectivity index (χ3v) is 2.56. The Morgan fingerprint density at radius 3 is 2.47 bits per heavy atom. The minimum absolute atomic E-state index is 0.122. The fraction of sp³-hybridized carbons (Fsp3) is 0.0625. The molecule has 0 fully saturated rings. The third kappa shape index (κ3) is 3.71. The van der Waals surface area contributed by atoms with E-state index in [1.807, 2.05) is 55.5 Å². The molecule has 0 aliphatic carbocycles. The third-order valence-electron chi connectivity index (χ3n) is 2.56. The number of carbonyl (C=O) groups is 1. The zero-order chi connectivity index (χ0) is 13.7. The Kier molecular flexibility index (Phi) is 3.98. The Morgan fingerprint density at radius 1 is 1.11 bits per heavy atom. The number of hydrogen-bond acceptors (Lipinski definition) is 2. The SMILES string of the molecule is Cc1cccc(O/C(=C\c2ccccc2)C(N)=O)c1. The second-order valence-electron chi connectivity index (χ2n) is 4.20. The molecule has 0 radical (unpaired) electrons. The zero-order valence-electron chi connectivity index (χ0n) is 10.7. The van der Waals surface area contributed by atoms with Crippen LogP contribution in [0.5, 0.6) is 5.75 Å². The van der Waals surface area contributed by atoms with Crippen LogP contribution < -0.4 is 10.5 Å². The summed E-state index contributed by atoms with van der Waals surface area (Å²) in [6.07, 6.45) is 1.63. The predicted molar refractivity (Wildman–Crippen MR) is 75.4 cm³/mol. The number of primary amides is 1. The van der Waals surface area contributed by atoms with Crippen molar-refractivity contribution in [1.82, 2.24) is 0 Å². The van der Waals surface area contributed by atoms with E-state index in [1.165, 1.54) is 0 Å². The monoisotopic (exact) mass is 253 g/mol. The van der Waals surface area contributed by atoms with Crippen LogP contribution in [0, 0.1) is 6.92 Å². The molecule has 3 nitrogen and oxygen atoms in total. The van der Waals surface area contributed by atoms with Gasteiger partial charge < -0.3 is 10.5 Å². The van der Waals surface area contributed by atoms with Gasteiger partial charge in [0.1, 0.15) is 5.75 Å². The molecular formula is C16H15NO2. The molecule has 2 rings (SSSR count). The van der Waals surface area contributed by atoms with E-state index in [0.717, 1.165) is 11.1 Å². The lowest BCUT2D eigenvalue weighted by atomic mass is 10.2. The number of aryl methyl sites for hydroxylation is 1. The molecule has 96 valence electrons. The topological polar surface area (TPSA) is 52.3 Å². The maximum Gasteiger partial charge on any atom is 0.284 e. The highest BCUT2D eigenvalue weighted by Crippen LogP contribution is 2.17. The molecule has 0 bridgehead atoms. The molecule has 0 spiro atoms. The van der Waals surface area contributed by atoms with E-state index in [1.54, 1.807) is 12.1 Å².